The second-order valence-electron chi connectivity index (χ2n) is 11.2. The fourth-order valence-electron chi connectivity index (χ4n) is 5.75. The first-order valence-electron chi connectivity index (χ1n) is 13.6. The summed E-state index contributed by atoms with van der Waals surface area (Å²) in [5.74, 6) is 1.00. The third-order valence-electron chi connectivity index (χ3n) is 8.00. The number of aromatic nitrogens is 2. The lowest BCUT2D eigenvalue weighted by molar-refractivity contribution is -0.114. The Morgan fingerprint density at radius 3 is 2.60 bits per heavy atom. The Morgan fingerprint density at radius 2 is 1.95 bits per heavy atom. The zero-order valence-electron chi connectivity index (χ0n) is 22.9. The Kier molecular flexibility index (Phi) is 6.48. The van der Waals surface area contributed by atoms with Crippen molar-refractivity contribution in [2.24, 2.45) is 10.6 Å². The van der Waals surface area contributed by atoms with Crippen molar-refractivity contribution in [2.75, 3.05) is 25.2 Å². The molecule has 1 spiro atoms. The van der Waals surface area contributed by atoms with Gasteiger partial charge in [0, 0.05) is 31.0 Å². The Bertz CT molecular complexity index is 1610. The highest BCUT2D eigenvalue weighted by atomic mass is 32.2. The molecule has 0 amide bonds. The van der Waals surface area contributed by atoms with E-state index in [9.17, 15) is 12.8 Å². The highest BCUT2D eigenvalue weighted by molar-refractivity contribution is 7.90. The monoisotopic (exact) mass is 564 g/mol. The van der Waals surface area contributed by atoms with E-state index in [-0.39, 0.29) is 23.4 Å². The summed E-state index contributed by atoms with van der Waals surface area (Å²) in [6.45, 7) is 5.14. The first kappa shape index (κ1) is 26.6. The molecular formula is C30H33FN4O4S. The first-order chi connectivity index (χ1) is 19.1. The van der Waals surface area contributed by atoms with Crippen LogP contribution >= 0.6 is 0 Å². The Balaban J connectivity index is 1.39. The molecule has 10 heteroatoms. The number of rotatable bonds is 8. The number of ether oxygens (including phenoxy) is 1. The molecule has 8 nitrogen and oxygen atoms in total. The van der Waals surface area contributed by atoms with Crippen LogP contribution in [0, 0.1) is 18.2 Å². The predicted molar refractivity (Wildman–Crippen MR) is 151 cm³/mol. The van der Waals surface area contributed by atoms with E-state index in [4.69, 9.17) is 9.57 Å². The number of nitrogens with zero attached hydrogens (tertiary/aromatic N) is 4. The zero-order valence-corrected chi connectivity index (χ0v) is 23.7. The summed E-state index contributed by atoms with van der Waals surface area (Å²) < 4.78 is 46.3. The minimum Gasteiger partial charge on any atom is -0.492 e. The summed E-state index contributed by atoms with van der Waals surface area (Å²) in [5, 5.41) is 4.55. The lowest BCUT2D eigenvalue weighted by Gasteiger charge is -2.43. The van der Waals surface area contributed by atoms with E-state index in [0.29, 0.717) is 24.6 Å². The van der Waals surface area contributed by atoms with E-state index in [1.165, 1.54) is 18.4 Å². The van der Waals surface area contributed by atoms with Gasteiger partial charge in [0.15, 0.2) is 5.84 Å². The maximum absolute atomic E-state index is 13.9. The highest BCUT2D eigenvalue weighted by Crippen LogP contribution is 2.57. The number of fused-ring (bicyclic) bond motifs is 1. The number of oxime groups is 1. The van der Waals surface area contributed by atoms with Gasteiger partial charge in [0.2, 0.25) is 5.72 Å². The molecular weight excluding hydrogens is 531 g/mol. The van der Waals surface area contributed by atoms with Crippen molar-refractivity contribution in [1.29, 1.82) is 0 Å². The van der Waals surface area contributed by atoms with Crippen LogP contribution in [-0.4, -0.2) is 53.9 Å². The van der Waals surface area contributed by atoms with Crippen LogP contribution in [0.1, 0.15) is 49.4 Å². The molecule has 1 aromatic heterocycles. The lowest BCUT2D eigenvalue weighted by Crippen LogP contribution is -2.52. The maximum atomic E-state index is 13.9. The number of benzene rings is 2. The van der Waals surface area contributed by atoms with Gasteiger partial charge in [0.1, 0.15) is 21.4 Å². The van der Waals surface area contributed by atoms with E-state index < -0.39 is 15.6 Å². The number of imidazole rings is 1. The topological polar surface area (TPSA) is 86.0 Å². The number of aryl methyl sites for hydroxylation is 1. The molecule has 2 fully saturated rings. The molecule has 1 saturated carbocycles. The molecule has 3 heterocycles. The molecule has 2 aliphatic heterocycles. The van der Waals surface area contributed by atoms with Gasteiger partial charge in [-0.1, -0.05) is 23.4 Å². The minimum absolute atomic E-state index is 0.0753. The molecule has 2 aromatic carbocycles. The van der Waals surface area contributed by atoms with Crippen LogP contribution in [0.15, 0.2) is 65.7 Å². The second kappa shape index (κ2) is 9.76. The number of piperidine rings is 1. The molecule has 3 aromatic rings. The first-order valence-corrected chi connectivity index (χ1v) is 15.6. The normalized spacial score (nSPS) is 22.2. The zero-order chi connectivity index (χ0) is 28.1. The van der Waals surface area contributed by atoms with Gasteiger partial charge in [-0.05, 0) is 80.0 Å². The van der Waals surface area contributed by atoms with Crippen molar-refractivity contribution in [3.63, 3.8) is 0 Å². The van der Waals surface area contributed by atoms with Gasteiger partial charge in [0.25, 0.3) is 0 Å². The van der Waals surface area contributed by atoms with Crippen LogP contribution in [0.2, 0.25) is 0 Å². The number of hydrogen-bond acceptors (Lipinski definition) is 7. The van der Waals surface area contributed by atoms with Crippen LogP contribution in [0.25, 0.3) is 11.8 Å². The molecule has 40 heavy (non-hydrogen) atoms. The molecule has 0 bridgehead atoms. The quantitative estimate of drug-likeness (QED) is 0.373. The van der Waals surface area contributed by atoms with Crippen LogP contribution in [0.5, 0.6) is 5.75 Å². The van der Waals surface area contributed by atoms with Gasteiger partial charge in [-0.3, -0.25) is 0 Å². The minimum atomic E-state index is -3.28. The average Bonchev–Trinajstić information content (AvgIpc) is 3.32. The number of halogens is 1. The van der Waals surface area contributed by atoms with E-state index >= 15 is 0 Å². The fourth-order valence-corrected chi connectivity index (χ4v) is 6.40. The number of amidine groups is 1. The van der Waals surface area contributed by atoms with Gasteiger partial charge in [-0.25, -0.2) is 17.8 Å². The molecule has 210 valence electrons. The fraction of sp³-hybridized carbons (Fsp3) is 0.400. The molecule has 0 N–H and O–H groups in total. The van der Waals surface area contributed by atoms with Crippen LogP contribution in [0.3, 0.4) is 0 Å². The molecule has 1 saturated heterocycles. The van der Waals surface area contributed by atoms with E-state index in [1.807, 2.05) is 42.8 Å². The van der Waals surface area contributed by atoms with Crippen molar-refractivity contribution in [2.45, 2.75) is 45.3 Å². The smallest absolute Gasteiger partial charge is 0.238 e. The van der Waals surface area contributed by atoms with Crippen molar-refractivity contribution < 1.29 is 22.4 Å². The van der Waals surface area contributed by atoms with Crippen molar-refractivity contribution >= 4 is 21.7 Å². The van der Waals surface area contributed by atoms with Gasteiger partial charge < -0.3 is 19.0 Å². The Labute approximate surface area is 234 Å². The summed E-state index contributed by atoms with van der Waals surface area (Å²) in [7, 11) is -3.28. The van der Waals surface area contributed by atoms with Crippen molar-refractivity contribution in [1.82, 2.24) is 14.5 Å². The SMILES string of the molecule is CCOc1cc(/C=C2\CC3(CC3)CN3C2=NOC3(CCS(C)(=O)=O)c2ccc(F)cc2)ccc1-n1cnc(C)c1. The van der Waals surface area contributed by atoms with Crippen molar-refractivity contribution in [3.05, 3.63) is 83.2 Å². The summed E-state index contributed by atoms with van der Waals surface area (Å²) >= 11 is 0. The second-order valence-corrected chi connectivity index (χ2v) is 13.5. The molecule has 1 atom stereocenters. The van der Waals surface area contributed by atoms with Gasteiger partial charge >= 0.3 is 0 Å². The predicted octanol–water partition coefficient (Wildman–Crippen LogP) is 5.22. The van der Waals surface area contributed by atoms with Gasteiger partial charge in [0.05, 0.1) is 30.1 Å². The average molecular weight is 565 g/mol. The summed E-state index contributed by atoms with van der Waals surface area (Å²) in [6, 6.07) is 12.2. The highest BCUT2D eigenvalue weighted by Gasteiger charge is 2.58. The third kappa shape index (κ3) is 5.00. The standard InChI is InChI=1S/C30H33FN4O4S/c1-4-38-27-16-22(5-10-26(27)34-18-21(2)32-20-34)15-23-17-29(11-12-29)19-35-28(23)33-39-30(35,13-14-40(3,36)37)24-6-8-25(31)9-7-24/h5-10,15-16,18,20H,4,11-14,17,19H2,1-3H3/b23-15+. The lowest BCUT2D eigenvalue weighted by atomic mass is 9.85. The van der Waals surface area contributed by atoms with Crippen LogP contribution in [-0.2, 0) is 20.4 Å². The Hall–Kier alpha value is -3.66. The van der Waals surface area contributed by atoms with E-state index in [1.54, 1.807) is 18.5 Å². The van der Waals surface area contributed by atoms with Crippen LogP contribution < -0.4 is 4.74 Å². The number of sulfone groups is 1. The van der Waals surface area contributed by atoms with E-state index in [0.717, 1.165) is 47.5 Å². The molecule has 3 aliphatic rings. The molecule has 0 radical (unpaired) electrons. The molecule has 1 aliphatic carbocycles. The van der Waals surface area contributed by atoms with Gasteiger partial charge in [-0.2, -0.15) is 0 Å². The molecule has 1 unspecified atom stereocenters. The maximum Gasteiger partial charge on any atom is 0.238 e. The van der Waals surface area contributed by atoms with Crippen LogP contribution in [0.4, 0.5) is 4.39 Å². The summed E-state index contributed by atoms with van der Waals surface area (Å²) in [4.78, 5) is 12.6. The van der Waals surface area contributed by atoms with Crippen molar-refractivity contribution in [3.8, 4) is 11.4 Å². The summed E-state index contributed by atoms with van der Waals surface area (Å²) in [5.41, 5.74) is 3.46. The van der Waals surface area contributed by atoms with E-state index in [2.05, 4.69) is 21.1 Å². The largest absolute Gasteiger partial charge is 0.492 e. The van der Waals surface area contributed by atoms with Gasteiger partial charge in [-0.15, -0.1) is 0 Å². The summed E-state index contributed by atoms with van der Waals surface area (Å²) in [6.07, 6.45) is 10.3. The third-order valence-corrected chi connectivity index (χ3v) is 8.95. The number of hydrogen-bond donors (Lipinski definition) is 0. The Morgan fingerprint density at radius 1 is 1.18 bits per heavy atom. The molecule has 6 rings (SSSR count).